The molecule has 3 nitrogen and oxygen atoms in total. The molecule has 0 aromatic heterocycles. The minimum absolute atomic E-state index is 0.00170. The van der Waals surface area contributed by atoms with E-state index >= 15 is 0 Å². The van der Waals surface area contributed by atoms with Crippen molar-refractivity contribution < 1.29 is 4.39 Å². The summed E-state index contributed by atoms with van der Waals surface area (Å²) in [7, 11) is 0. The van der Waals surface area contributed by atoms with Gasteiger partial charge in [-0.2, -0.15) is 5.26 Å². The Labute approximate surface area is 111 Å². The van der Waals surface area contributed by atoms with E-state index in [4.69, 9.17) is 11.0 Å². The Balaban J connectivity index is 2.21. The van der Waals surface area contributed by atoms with Gasteiger partial charge in [-0.1, -0.05) is 12.1 Å². The molecule has 3 N–H and O–H groups in total. The number of nitrogens with zero attached hydrogens (tertiary/aromatic N) is 1. The summed E-state index contributed by atoms with van der Waals surface area (Å²) in [6, 6.07) is 13.6. The summed E-state index contributed by atoms with van der Waals surface area (Å²) in [4.78, 5) is 0. The normalized spacial score (nSPS) is 11.6. The average Bonchev–Trinajstić information content (AvgIpc) is 2.41. The highest BCUT2D eigenvalue weighted by Crippen LogP contribution is 2.23. The van der Waals surface area contributed by atoms with Gasteiger partial charge in [-0.25, -0.2) is 4.39 Å². The highest BCUT2D eigenvalue weighted by molar-refractivity contribution is 5.58. The van der Waals surface area contributed by atoms with E-state index in [9.17, 15) is 4.39 Å². The Hall–Kier alpha value is -2.54. The number of hydrogen-bond acceptors (Lipinski definition) is 3. The van der Waals surface area contributed by atoms with E-state index in [2.05, 4.69) is 5.32 Å². The van der Waals surface area contributed by atoms with Gasteiger partial charge < -0.3 is 11.1 Å². The molecule has 1 unspecified atom stereocenters. The van der Waals surface area contributed by atoms with Crippen LogP contribution in [0.2, 0.25) is 0 Å². The van der Waals surface area contributed by atoms with Crippen LogP contribution in [0.1, 0.15) is 24.1 Å². The molecule has 2 aromatic rings. The van der Waals surface area contributed by atoms with E-state index in [0.29, 0.717) is 16.9 Å². The monoisotopic (exact) mass is 255 g/mol. The van der Waals surface area contributed by atoms with Gasteiger partial charge in [0, 0.05) is 11.7 Å². The van der Waals surface area contributed by atoms with E-state index in [1.54, 1.807) is 6.07 Å². The van der Waals surface area contributed by atoms with Gasteiger partial charge in [0.1, 0.15) is 11.9 Å². The molecule has 0 aliphatic heterocycles. The molecule has 2 rings (SSSR count). The van der Waals surface area contributed by atoms with Gasteiger partial charge in [-0.15, -0.1) is 0 Å². The number of nitriles is 1. The van der Waals surface area contributed by atoms with Crippen molar-refractivity contribution in [3.63, 3.8) is 0 Å². The zero-order chi connectivity index (χ0) is 13.8. The fourth-order valence-electron chi connectivity index (χ4n) is 1.84. The van der Waals surface area contributed by atoms with Crippen molar-refractivity contribution in [3.8, 4) is 6.07 Å². The summed E-state index contributed by atoms with van der Waals surface area (Å²) in [6.45, 7) is 1.97. The molecule has 0 radical (unpaired) electrons. The molecule has 0 aliphatic rings. The molecule has 96 valence electrons. The van der Waals surface area contributed by atoms with Crippen molar-refractivity contribution in [2.45, 2.75) is 13.0 Å². The molecule has 0 amide bonds. The first-order valence-corrected chi connectivity index (χ1v) is 5.92. The predicted molar refractivity (Wildman–Crippen MR) is 74.0 cm³/mol. The summed E-state index contributed by atoms with van der Waals surface area (Å²) in [5, 5.41) is 12.2. The van der Waals surface area contributed by atoms with Crippen LogP contribution < -0.4 is 11.1 Å². The molecule has 0 bridgehead atoms. The third kappa shape index (κ3) is 3.02. The van der Waals surface area contributed by atoms with Crippen LogP contribution in [-0.4, -0.2) is 0 Å². The molecule has 19 heavy (non-hydrogen) atoms. The van der Waals surface area contributed by atoms with Crippen molar-refractivity contribution in [2.24, 2.45) is 0 Å². The lowest BCUT2D eigenvalue weighted by atomic mass is 10.1. The van der Waals surface area contributed by atoms with Crippen molar-refractivity contribution >= 4 is 11.4 Å². The Kier molecular flexibility index (Phi) is 3.67. The lowest BCUT2D eigenvalue weighted by Crippen LogP contribution is -2.08. The fourth-order valence-corrected chi connectivity index (χ4v) is 1.84. The van der Waals surface area contributed by atoms with E-state index < -0.39 is 5.82 Å². The maximum atomic E-state index is 13.0. The molecule has 4 heteroatoms. The molecular formula is C15H14FN3. The van der Waals surface area contributed by atoms with Crippen molar-refractivity contribution in [2.75, 3.05) is 11.1 Å². The van der Waals surface area contributed by atoms with Gasteiger partial charge >= 0.3 is 0 Å². The van der Waals surface area contributed by atoms with Crippen LogP contribution in [-0.2, 0) is 0 Å². The maximum Gasteiger partial charge on any atom is 0.124 e. The average molecular weight is 255 g/mol. The molecule has 1 atom stereocenters. The highest BCUT2D eigenvalue weighted by Gasteiger charge is 2.09. The van der Waals surface area contributed by atoms with E-state index in [1.165, 1.54) is 12.1 Å². The third-order valence-corrected chi connectivity index (χ3v) is 2.91. The van der Waals surface area contributed by atoms with Crippen LogP contribution in [0.3, 0.4) is 0 Å². The Bertz CT molecular complexity index is 614. The second-order valence-corrected chi connectivity index (χ2v) is 4.33. The van der Waals surface area contributed by atoms with Crippen LogP contribution in [0, 0.1) is 17.1 Å². The van der Waals surface area contributed by atoms with Crippen LogP contribution in [0.25, 0.3) is 0 Å². The summed E-state index contributed by atoms with van der Waals surface area (Å²) in [6.07, 6.45) is 0. The molecule has 0 saturated carbocycles. The number of nitrogen functional groups attached to an aromatic ring is 1. The van der Waals surface area contributed by atoms with Gasteiger partial charge in [-0.3, -0.25) is 0 Å². The zero-order valence-electron chi connectivity index (χ0n) is 10.5. The Morgan fingerprint density at radius 3 is 2.53 bits per heavy atom. The van der Waals surface area contributed by atoms with Crippen LogP contribution in [0.4, 0.5) is 15.8 Å². The molecule has 0 saturated heterocycles. The number of halogens is 1. The molecule has 0 spiro atoms. The smallest absolute Gasteiger partial charge is 0.124 e. The van der Waals surface area contributed by atoms with Crippen LogP contribution in [0.15, 0.2) is 42.5 Å². The topological polar surface area (TPSA) is 61.8 Å². The van der Waals surface area contributed by atoms with Gasteiger partial charge in [0.2, 0.25) is 0 Å². The maximum absolute atomic E-state index is 13.0. The highest BCUT2D eigenvalue weighted by atomic mass is 19.1. The van der Waals surface area contributed by atoms with Crippen molar-refractivity contribution in [1.82, 2.24) is 0 Å². The number of nitrogens with one attached hydrogen (secondary N) is 1. The Morgan fingerprint density at radius 1 is 1.21 bits per heavy atom. The fraction of sp³-hybridized carbons (Fsp3) is 0.133. The second-order valence-electron chi connectivity index (χ2n) is 4.33. The van der Waals surface area contributed by atoms with Crippen LogP contribution >= 0.6 is 0 Å². The van der Waals surface area contributed by atoms with Crippen molar-refractivity contribution in [3.05, 3.63) is 59.4 Å². The van der Waals surface area contributed by atoms with Gasteiger partial charge in [0.25, 0.3) is 0 Å². The number of benzene rings is 2. The minimum Gasteiger partial charge on any atom is -0.399 e. The third-order valence-electron chi connectivity index (χ3n) is 2.91. The van der Waals surface area contributed by atoms with Crippen molar-refractivity contribution in [1.29, 1.82) is 5.26 Å². The number of hydrogen-bond donors (Lipinski definition) is 2. The number of nitrogens with two attached hydrogens (primary N) is 1. The first-order chi connectivity index (χ1) is 9.10. The van der Waals surface area contributed by atoms with E-state index in [0.717, 1.165) is 5.56 Å². The predicted octanol–water partition coefficient (Wildman–Crippen LogP) is 3.45. The molecule has 0 aliphatic carbocycles. The number of rotatable bonds is 3. The van der Waals surface area contributed by atoms with Gasteiger partial charge in [0.15, 0.2) is 0 Å². The summed E-state index contributed by atoms with van der Waals surface area (Å²) in [5.74, 6) is -0.415. The zero-order valence-corrected chi connectivity index (χ0v) is 10.5. The first-order valence-electron chi connectivity index (χ1n) is 5.92. The molecule has 0 fully saturated rings. The van der Waals surface area contributed by atoms with E-state index in [1.807, 2.05) is 37.3 Å². The molecule has 0 heterocycles. The molecular weight excluding hydrogens is 241 g/mol. The number of anilines is 2. The SMILES string of the molecule is CC(Nc1ccc(F)cc1C#N)c1ccc(N)cc1. The Morgan fingerprint density at radius 2 is 1.89 bits per heavy atom. The van der Waals surface area contributed by atoms with Gasteiger partial charge in [0.05, 0.1) is 11.3 Å². The summed E-state index contributed by atoms with van der Waals surface area (Å²) >= 11 is 0. The second kappa shape index (κ2) is 5.40. The quantitative estimate of drug-likeness (QED) is 0.826. The standard InChI is InChI=1S/C15H14FN3/c1-10(11-2-5-14(18)6-3-11)19-15-7-4-13(16)8-12(15)9-17/h2-8,10,19H,18H2,1H3. The van der Waals surface area contributed by atoms with Crippen LogP contribution in [0.5, 0.6) is 0 Å². The minimum atomic E-state index is -0.415. The summed E-state index contributed by atoms with van der Waals surface area (Å²) in [5.41, 5.74) is 8.30. The van der Waals surface area contributed by atoms with E-state index in [-0.39, 0.29) is 6.04 Å². The van der Waals surface area contributed by atoms with Gasteiger partial charge in [-0.05, 0) is 42.8 Å². The lowest BCUT2D eigenvalue weighted by molar-refractivity contribution is 0.627. The molecule has 2 aromatic carbocycles. The lowest BCUT2D eigenvalue weighted by Gasteiger charge is -2.16. The first kappa shape index (κ1) is 12.9. The largest absolute Gasteiger partial charge is 0.399 e. The summed E-state index contributed by atoms with van der Waals surface area (Å²) < 4.78 is 13.0.